The number of pyridine rings is 1. The molecule has 0 aromatic carbocycles. The van der Waals surface area contributed by atoms with Crippen molar-refractivity contribution in [2.75, 3.05) is 13.7 Å². The Bertz CT molecular complexity index is 550. The number of nitrogens with one attached hydrogen (secondary N) is 1. The van der Waals surface area contributed by atoms with Gasteiger partial charge >= 0.3 is 0 Å². The molecule has 7 heteroatoms. The van der Waals surface area contributed by atoms with Gasteiger partial charge in [0.05, 0.1) is 19.1 Å². The van der Waals surface area contributed by atoms with Crippen LogP contribution in [0.15, 0.2) is 24.4 Å². The molecule has 7 nitrogen and oxygen atoms in total. The molecule has 0 radical (unpaired) electrons. The van der Waals surface area contributed by atoms with Crippen molar-refractivity contribution in [3.05, 3.63) is 30.2 Å². The summed E-state index contributed by atoms with van der Waals surface area (Å²) in [5.41, 5.74) is 6.22. The molecule has 1 unspecified atom stereocenters. The highest BCUT2D eigenvalue weighted by Crippen LogP contribution is 2.02. The second-order valence-electron chi connectivity index (χ2n) is 4.12. The summed E-state index contributed by atoms with van der Waals surface area (Å²) < 4.78 is 6.89. The number of rotatable bonds is 6. The van der Waals surface area contributed by atoms with E-state index >= 15 is 0 Å². The van der Waals surface area contributed by atoms with Crippen LogP contribution in [-0.4, -0.2) is 40.3 Å². The van der Waals surface area contributed by atoms with E-state index in [9.17, 15) is 4.79 Å². The molecule has 0 aliphatic carbocycles. The normalized spacial score (nSPS) is 12.5. The monoisotopic (exact) mass is 263 g/mol. The van der Waals surface area contributed by atoms with Crippen molar-refractivity contribution in [2.24, 2.45) is 5.73 Å². The van der Waals surface area contributed by atoms with Crippen molar-refractivity contribution in [1.82, 2.24) is 19.9 Å². The molecule has 102 valence electrons. The summed E-state index contributed by atoms with van der Waals surface area (Å²) in [5.74, 6) is 0.565. The molecule has 1 amide bonds. The number of nitrogens with zero attached hydrogens (tertiary/aromatic N) is 3. The van der Waals surface area contributed by atoms with Gasteiger partial charge < -0.3 is 15.8 Å². The minimum atomic E-state index is -0.254. The van der Waals surface area contributed by atoms with Crippen molar-refractivity contribution in [3.63, 3.8) is 0 Å². The fraction of sp³-hybridized carbons (Fsp3) is 0.417. The number of carbonyl (C=O) groups excluding carboxylic acids is 1. The third-order valence-corrected chi connectivity index (χ3v) is 2.84. The first-order chi connectivity index (χ1) is 9.24. The predicted molar refractivity (Wildman–Crippen MR) is 69.3 cm³/mol. The Labute approximate surface area is 110 Å². The molecule has 1 atom stereocenters. The minimum absolute atomic E-state index is 0.120. The Hall–Kier alpha value is -1.99. The van der Waals surface area contributed by atoms with Crippen LogP contribution in [0.5, 0.6) is 0 Å². The number of methoxy groups -OCH3 is 1. The number of aromatic nitrogens is 3. The van der Waals surface area contributed by atoms with Crippen LogP contribution >= 0.6 is 0 Å². The van der Waals surface area contributed by atoms with Gasteiger partial charge in [-0.25, -0.2) is 0 Å². The lowest BCUT2D eigenvalue weighted by Crippen LogP contribution is -2.32. The molecule has 2 aromatic heterocycles. The molecular weight excluding hydrogens is 246 g/mol. The number of nitrogens with two attached hydrogens (primary N) is 1. The van der Waals surface area contributed by atoms with E-state index in [2.05, 4.69) is 15.5 Å². The van der Waals surface area contributed by atoms with Crippen molar-refractivity contribution < 1.29 is 9.53 Å². The second-order valence-corrected chi connectivity index (χ2v) is 4.12. The first kappa shape index (κ1) is 13.4. The predicted octanol–water partition coefficient (Wildman–Crippen LogP) is -0.291. The smallest absolute Gasteiger partial charge is 0.223 e. The highest BCUT2D eigenvalue weighted by atomic mass is 16.5. The molecule has 0 aliphatic heterocycles. The van der Waals surface area contributed by atoms with E-state index in [0.717, 1.165) is 5.65 Å². The van der Waals surface area contributed by atoms with E-state index in [-0.39, 0.29) is 18.4 Å². The molecule has 0 fully saturated rings. The third kappa shape index (κ3) is 3.27. The number of amides is 1. The molecule has 2 heterocycles. The van der Waals surface area contributed by atoms with E-state index in [1.165, 1.54) is 7.11 Å². The zero-order valence-corrected chi connectivity index (χ0v) is 10.7. The van der Waals surface area contributed by atoms with Gasteiger partial charge in [-0.15, -0.1) is 10.2 Å². The Morgan fingerprint density at radius 1 is 1.53 bits per heavy atom. The summed E-state index contributed by atoms with van der Waals surface area (Å²) in [7, 11) is 1.54. The van der Waals surface area contributed by atoms with Gasteiger partial charge in [-0.05, 0) is 12.1 Å². The Morgan fingerprint density at radius 2 is 2.37 bits per heavy atom. The van der Waals surface area contributed by atoms with Crippen LogP contribution in [0, 0.1) is 0 Å². The van der Waals surface area contributed by atoms with Crippen LogP contribution in [0.25, 0.3) is 5.65 Å². The van der Waals surface area contributed by atoms with Crippen LogP contribution in [0.2, 0.25) is 0 Å². The minimum Gasteiger partial charge on any atom is -0.380 e. The number of fused-ring (bicyclic) bond motifs is 1. The Kier molecular flexibility index (Phi) is 4.43. The zero-order valence-electron chi connectivity index (χ0n) is 10.7. The van der Waals surface area contributed by atoms with E-state index in [4.69, 9.17) is 10.5 Å². The van der Waals surface area contributed by atoms with E-state index in [0.29, 0.717) is 18.9 Å². The number of carbonyl (C=O) groups is 1. The Morgan fingerprint density at radius 3 is 3.11 bits per heavy atom. The first-order valence-electron chi connectivity index (χ1n) is 6.02. The fourth-order valence-corrected chi connectivity index (χ4v) is 1.73. The summed E-state index contributed by atoms with van der Waals surface area (Å²) >= 11 is 0. The zero-order chi connectivity index (χ0) is 13.7. The molecular formula is C12H17N5O2. The van der Waals surface area contributed by atoms with Gasteiger partial charge in [-0.3, -0.25) is 9.20 Å². The molecule has 0 saturated carbocycles. The van der Waals surface area contributed by atoms with Crippen molar-refractivity contribution in [1.29, 1.82) is 0 Å². The molecule has 0 bridgehead atoms. The van der Waals surface area contributed by atoms with Crippen molar-refractivity contribution in [2.45, 2.75) is 19.1 Å². The summed E-state index contributed by atoms with van der Waals surface area (Å²) in [6, 6.07) is 5.63. The van der Waals surface area contributed by atoms with E-state index in [1.807, 2.05) is 28.8 Å². The van der Waals surface area contributed by atoms with Gasteiger partial charge in [-0.1, -0.05) is 6.07 Å². The molecule has 2 rings (SSSR count). The van der Waals surface area contributed by atoms with Crippen LogP contribution in [0.4, 0.5) is 0 Å². The first-order valence-corrected chi connectivity index (χ1v) is 6.02. The van der Waals surface area contributed by atoms with Crippen LogP contribution < -0.4 is 11.1 Å². The molecule has 19 heavy (non-hydrogen) atoms. The second kappa shape index (κ2) is 6.26. The highest BCUT2D eigenvalue weighted by Gasteiger charge is 2.12. The SMILES string of the molecule is COC(CN)CC(=O)NCc1nnc2ccccn12. The van der Waals surface area contributed by atoms with Gasteiger partial charge in [0.1, 0.15) is 0 Å². The average molecular weight is 263 g/mol. The quantitative estimate of drug-likeness (QED) is 0.746. The van der Waals surface area contributed by atoms with Gasteiger partial charge in [0.2, 0.25) is 5.91 Å². The standard InChI is InChI=1S/C12H17N5O2/c1-19-9(7-13)6-12(18)14-8-11-16-15-10-4-2-3-5-17(10)11/h2-5,9H,6-8,13H2,1H3,(H,14,18). The maximum absolute atomic E-state index is 11.7. The molecule has 2 aromatic rings. The lowest BCUT2D eigenvalue weighted by atomic mass is 10.2. The third-order valence-electron chi connectivity index (χ3n) is 2.84. The molecule has 0 aliphatic rings. The van der Waals surface area contributed by atoms with Crippen LogP contribution in [0.1, 0.15) is 12.2 Å². The number of hydrogen-bond donors (Lipinski definition) is 2. The van der Waals surface area contributed by atoms with E-state index in [1.54, 1.807) is 0 Å². The summed E-state index contributed by atoms with van der Waals surface area (Å²) in [5, 5.41) is 10.8. The lowest BCUT2D eigenvalue weighted by Gasteiger charge is -2.12. The topological polar surface area (TPSA) is 94.5 Å². The highest BCUT2D eigenvalue weighted by molar-refractivity contribution is 5.76. The average Bonchev–Trinajstić information content (AvgIpc) is 2.86. The van der Waals surface area contributed by atoms with Crippen molar-refractivity contribution in [3.8, 4) is 0 Å². The van der Waals surface area contributed by atoms with Gasteiger partial charge in [0, 0.05) is 19.9 Å². The number of hydrogen-bond acceptors (Lipinski definition) is 5. The largest absolute Gasteiger partial charge is 0.380 e. The fourth-order valence-electron chi connectivity index (χ4n) is 1.73. The lowest BCUT2D eigenvalue weighted by molar-refractivity contribution is -0.123. The molecule has 0 saturated heterocycles. The maximum atomic E-state index is 11.7. The summed E-state index contributed by atoms with van der Waals surface area (Å²) in [6.07, 6.45) is 1.84. The van der Waals surface area contributed by atoms with Crippen molar-refractivity contribution >= 4 is 11.6 Å². The molecule has 3 N–H and O–H groups in total. The summed E-state index contributed by atoms with van der Waals surface area (Å²) in [6.45, 7) is 0.642. The van der Waals surface area contributed by atoms with Gasteiger partial charge in [0.25, 0.3) is 0 Å². The van der Waals surface area contributed by atoms with Gasteiger partial charge in [0.15, 0.2) is 11.5 Å². The maximum Gasteiger partial charge on any atom is 0.223 e. The van der Waals surface area contributed by atoms with Crippen LogP contribution in [0.3, 0.4) is 0 Å². The van der Waals surface area contributed by atoms with Crippen LogP contribution in [-0.2, 0) is 16.1 Å². The number of ether oxygens (including phenoxy) is 1. The Balaban J connectivity index is 1.93. The molecule has 0 spiro atoms. The van der Waals surface area contributed by atoms with Gasteiger partial charge in [-0.2, -0.15) is 0 Å². The van der Waals surface area contributed by atoms with E-state index < -0.39 is 0 Å². The summed E-state index contributed by atoms with van der Waals surface area (Å²) in [4.78, 5) is 11.7.